The van der Waals surface area contributed by atoms with Gasteiger partial charge in [-0.25, -0.2) is 0 Å². The van der Waals surface area contributed by atoms with Crippen LogP contribution >= 0.6 is 0 Å². The predicted molar refractivity (Wildman–Crippen MR) is 71.6 cm³/mol. The average Bonchev–Trinajstić information content (AvgIpc) is 2.82. The maximum absolute atomic E-state index is 12.0. The summed E-state index contributed by atoms with van der Waals surface area (Å²) in [6.07, 6.45) is 3.70. The van der Waals surface area contributed by atoms with Gasteiger partial charge in [-0.2, -0.15) is 0 Å². The molecule has 0 aromatic rings. The first kappa shape index (κ1) is 16.0. The van der Waals surface area contributed by atoms with E-state index in [1.165, 1.54) is 0 Å². The smallest absolute Gasteiger partial charge is 0.310 e. The Kier molecular flexibility index (Phi) is 5.79. The van der Waals surface area contributed by atoms with Crippen LogP contribution in [0.3, 0.4) is 0 Å². The average molecular weight is 271 g/mol. The molecule has 0 radical (unpaired) electrons. The van der Waals surface area contributed by atoms with E-state index in [2.05, 4.69) is 5.32 Å². The standard InChI is InChI=1S/C14H25NO4/c1-3-14(4-2,13(18)19)8-12(17)15-11-7-5-6-10(11)9-16/h10-11,16H,3-9H2,1-2H3,(H,15,17)(H,18,19). The number of carboxylic acids is 1. The number of carbonyl (C=O) groups excluding carboxylic acids is 1. The van der Waals surface area contributed by atoms with Gasteiger partial charge in [0.2, 0.25) is 5.91 Å². The highest BCUT2D eigenvalue weighted by atomic mass is 16.4. The fourth-order valence-electron chi connectivity index (χ4n) is 2.89. The number of aliphatic carboxylic acids is 1. The van der Waals surface area contributed by atoms with E-state index in [-0.39, 0.29) is 30.9 Å². The predicted octanol–water partition coefficient (Wildman–Crippen LogP) is 1.54. The summed E-state index contributed by atoms with van der Waals surface area (Å²) < 4.78 is 0. The van der Waals surface area contributed by atoms with Gasteiger partial charge in [0.1, 0.15) is 0 Å². The fraction of sp³-hybridized carbons (Fsp3) is 0.857. The van der Waals surface area contributed by atoms with Crippen molar-refractivity contribution in [2.45, 2.75) is 58.4 Å². The molecule has 1 fully saturated rings. The third-order valence-electron chi connectivity index (χ3n) is 4.55. The molecule has 1 amide bonds. The van der Waals surface area contributed by atoms with Crippen molar-refractivity contribution in [3.8, 4) is 0 Å². The lowest BCUT2D eigenvalue weighted by Crippen LogP contribution is -2.42. The van der Waals surface area contributed by atoms with Gasteiger partial charge in [0.25, 0.3) is 0 Å². The van der Waals surface area contributed by atoms with Gasteiger partial charge in [-0.1, -0.05) is 20.3 Å². The molecular formula is C14H25NO4. The van der Waals surface area contributed by atoms with E-state index in [1.54, 1.807) is 13.8 Å². The topological polar surface area (TPSA) is 86.6 Å². The van der Waals surface area contributed by atoms with Crippen LogP contribution in [0.2, 0.25) is 0 Å². The van der Waals surface area contributed by atoms with Crippen LogP contribution in [0, 0.1) is 11.3 Å². The monoisotopic (exact) mass is 271 g/mol. The quantitative estimate of drug-likeness (QED) is 0.655. The van der Waals surface area contributed by atoms with Crippen molar-refractivity contribution in [3.05, 3.63) is 0 Å². The number of hydrogen-bond donors (Lipinski definition) is 3. The molecule has 1 aliphatic rings. The molecule has 19 heavy (non-hydrogen) atoms. The van der Waals surface area contributed by atoms with E-state index in [0.717, 1.165) is 19.3 Å². The molecule has 0 bridgehead atoms. The molecule has 0 spiro atoms. The second-order valence-corrected chi connectivity index (χ2v) is 5.52. The molecule has 0 aromatic heterocycles. The summed E-state index contributed by atoms with van der Waals surface area (Å²) in [5, 5.41) is 21.4. The van der Waals surface area contributed by atoms with Gasteiger partial charge in [0.05, 0.1) is 5.41 Å². The second kappa shape index (κ2) is 6.89. The first-order valence-electron chi connectivity index (χ1n) is 7.12. The van der Waals surface area contributed by atoms with Crippen LogP contribution in [0.15, 0.2) is 0 Å². The van der Waals surface area contributed by atoms with Gasteiger partial charge in [0, 0.05) is 25.0 Å². The number of hydrogen-bond acceptors (Lipinski definition) is 3. The van der Waals surface area contributed by atoms with Crippen LogP contribution in [-0.2, 0) is 9.59 Å². The number of carboxylic acid groups (broad SMARTS) is 1. The molecule has 2 atom stereocenters. The molecule has 1 aliphatic carbocycles. The maximum Gasteiger partial charge on any atom is 0.310 e. The van der Waals surface area contributed by atoms with E-state index in [9.17, 15) is 19.8 Å². The maximum atomic E-state index is 12.0. The van der Waals surface area contributed by atoms with Gasteiger partial charge < -0.3 is 15.5 Å². The zero-order valence-corrected chi connectivity index (χ0v) is 11.8. The van der Waals surface area contributed by atoms with Crippen molar-refractivity contribution < 1.29 is 19.8 Å². The first-order valence-corrected chi connectivity index (χ1v) is 7.12. The summed E-state index contributed by atoms with van der Waals surface area (Å²) in [7, 11) is 0. The molecule has 1 rings (SSSR count). The minimum Gasteiger partial charge on any atom is -0.481 e. The van der Waals surface area contributed by atoms with Crippen LogP contribution in [-0.4, -0.2) is 34.7 Å². The molecule has 0 saturated heterocycles. The van der Waals surface area contributed by atoms with E-state index in [4.69, 9.17) is 0 Å². The Morgan fingerprint density at radius 1 is 1.26 bits per heavy atom. The Morgan fingerprint density at radius 2 is 1.89 bits per heavy atom. The van der Waals surface area contributed by atoms with Gasteiger partial charge in [0.15, 0.2) is 0 Å². The summed E-state index contributed by atoms with van der Waals surface area (Å²) >= 11 is 0. The van der Waals surface area contributed by atoms with E-state index < -0.39 is 11.4 Å². The van der Waals surface area contributed by atoms with Gasteiger partial charge in [-0.15, -0.1) is 0 Å². The molecule has 3 N–H and O–H groups in total. The number of aliphatic hydroxyl groups excluding tert-OH is 1. The van der Waals surface area contributed by atoms with E-state index in [0.29, 0.717) is 12.8 Å². The number of aliphatic hydroxyl groups is 1. The highest BCUT2D eigenvalue weighted by Crippen LogP contribution is 2.32. The molecular weight excluding hydrogens is 246 g/mol. The van der Waals surface area contributed by atoms with Gasteiger partial charge in [-0.05, 0) is 25.7 Å². The van der Waals surface area contributed by atoms with Crippen molar-refractivity contribution in [3.63, 3.8) is 0 Å². The largest absolute Gasteiger partial charge is 0.481 e. The highest BCUT2D eigenvalue weighted by molar-refractivity contribution is 5.85. The Bertz CT molecular complexity index is 325. The van der Waals surface area contributed by atoms with Gasteiger partial charge >= 0.3 is 5.97 Å². The Morgan fingerprint density at radius 3 is 2.37 bits per heavy atom. The number of nitrogens with one attached hydrogen (secondary N) is 1. The number of rotatable bonds is 7. The molecule has 2 unspecified atom stereocenters. The van der Waals surface area contributed by atoms with Crippen LogP contribution in [0.5, 0.6) is 0 Å². The highest BCUT2D eigenvalue weighted by Gasteiger charge is 2.38. The molecule has 0 aromatic carbocycles. The summed E-state index contributed by atoms with van der Waals surface area (Å²) in [5.41, 5.74) is -0.961. The third kappa shape index (κ3) is 3.69. The molecule has 0 aliphatic heterocycles. The zero-order chi connectivity index (χ0) is 14.5. The van der Waals surface area contributed by atoms with Crippen LogP contribution in [0.4, 0.5) is 0 Å². The zero-order valence-electron chi connectivity index (χ0n) is 11.8. The lowest BCUT2D eigenvalue weighted by atomic mass is 9.79. The minimum absolute atomic E-state index is 0.00212. The molecule has 1 saturated carbocycles. The summed E-state index contributed by atoms with van der Waals surface area (Å²) in [5.74, 6) is -0.999. The Labute approximate surface area is 114 Å². The van der Waals surface area contributed by atoms with Crippen molar-refractivity contribution in [1.82, 2.24) is 5.32 Å². The second-order valence-electron chi connectivity index (χ2n) is 5.52. The SMILES string of the molecule is CCC(CC)(CC(=O)NC1CCCC1CO)C(=O)O. The Hall–Kier alpha value is -1.10. The molecule has 5 heteroatoms. The minimum atomic E-state index is -0.961. The van der Waals surface area contributed by atoms with Crippen molar-refractivity contribution in [2.75, 3.05) is 6.61 Å². The lowest BCUT2D eigenvalue weighted by molar-refractivity contribution is -0.152. The third-order valence-corrected chi connectivity index (χ3v) is 4.55. The van der Waals surface area contributed by atoms with Crippen LogP contribution in [0.25, 0.3) is 0 Å². The lowest BCUT2D eigenvalue weighted by Gasteiger charge is -2.27. The number of amides is 1. The van der Waals surface area contributed by atoms with Crippen molar-refractivity contribution >= 4 is 11.9 Å². The molecule has 110 valence electrons. The summed E-state index contributed by atoms with van der Waals surface area (Å²) in [6, 6.07) is -0.00212. The normalized spacial score (nSPS) is 23.3. The van der Waals surface area contributed by atoms with Crippen LogP contribution < -0.4 is 5.32 Å². The fourth-order valence-corrected chi connectivity index (χ4v) is 2.89. The van der Waals surface area contributed by atoms with E-state index in [1.807, 2.05) is 0 Å². The molecule has 5 nitrogen and oxygen atoms in total. The van der Waals surface area contributed by atoms with Crippen LogP contribution in [0.1, 0.15) is 52.4 Å². The summed E-state index contributed by atoms with van der Waals surface area (Å²) in [6.45, 7) is 3.69. The number of carbonyl (C=O) groups is 2. The van der Waals surface area contributed by atoms with E-state index >= 15 is 0 Å². The van der Waals surface area contributed by atoms with Crippen molar-refractivity contribution in [1.29, 1.82) is 0 Å². The first-order chi connectivity index (χ1) is 8.99. The summed E-state index contributed by atoms with van der Waals surface area (Å²) in [4.78, 5) is 23.4. The van der Waals surface area contributed by atoms with Gasteiger partial charge in [-0.3, -0.25) is 9.59 Å². The Balaban J connectivity index is 2.60. The van der Waals surface area contributed by atoms with Crippen molar-refractivity contribution in [2.24, 2.45) is 11.3 Å². The molecule has 0 heterocycles.